The van der Waals surface area contributed by atoms with Crippen molar-refractivity contribution in [2.24, 2.45) is 5.92 Å². The fraction of sp³-hybridized carbons (Fsp3) is 0.533. The molecule has 0 saturated carbocycles. The molecule has 4 nitrogen and oxygen atoms in total. The maximum atomic E-state index is 11.9. The maximum Gasteiger partial charge on any atom is 0.251 e. The molecular weight excluding hydrogens is 240 g/mol. The number of amides is 1. The molecule has 1 fully saturated rings. The van der Waals surface area contributed by atoms with Crippen LogP contribution < -0.4 is 10.6 Å². The third kappa shape index (κ3) is 4.33. The summed E-state index contributed by atoms with van der Waals surface area (Å²) in [5.41, 5.74) is 1.79. The largest absolute Gasteiger partial charge is 0.380 e. The van der Waals surface area contributed by atoms with Crippen molar-refractivity contribution in [3.8, 4) is 0 Å². The van der Waals surface area contributed by atoms with Crippen molar-refractivity contribution in [3.05, 3.63) is 35.4 Å². The van der Waals surface area contributed by atoms with E-state index in [0.717, 1.165) is 31.6 Å². The molecule has 2 rings (SSSR count). The lowest BCUT2D eigenvalue weighted by molar-refractivity contribution is 0.0951. The average molecular weight is 262 g/mol. The van der Waals surface area contributed by atoms with Gasteiger partial charge in [-0.2, -0.15) is 0 Å². The Kier molecular flexibility index (Phi) is 5.36. The lowest BCUT2D eigenvalue weighted by Gasteiger charge is -2.09. The van der Waals surface area contributed by atoms with E-state index < -0.39 is 0 Å². The first-order valence-electron chi connectivity index (χ1n) is 6.86. The molecule has 0 radical (unpaired) electrons. The van der Waals surface area contributed by atoms with Crippen LogP contribution >= 0.6 is 0 Å². The summed E-state index contributed by atoms with van der Waals surface area (Å²) >= 11 is 0. The molecule has 1 aromatic rings. The van der Waals surface area contributed by atoms with Crippen LogP contribution in [0.3, 0.4) is 0 Å². The topological polar surface area (TPSA) is 50.4 Å². The van der Waals surface area contributed by atoms with Gasteiger partial charge in [0, 0.05) is 19.2 Å². The van der Waals surface area contributed by atoms with E-state index in [2.05, 4.69) is 10.6 Å². The molecular formula is C15H22N2O2. The molecule has 0 aliphatic carbocycles. The van der Waals surface area contributed by atoms with Crippen LogP contribution in [0.4, 0.5) is 0 Å². The predicted octanol–water partition coefficient (Wildman–Crippen LogP) is 1.56. The minimum absolute atomic E-state index is 0.00919. The molecule has 1 heterocycles. The Morgan fingerprint density at radius 3 is 2.84 bits per heavy atom. The summed E-state index contributed by atoms with van der Waals surface area (Å²) in [4.78, 5) is 11.9. The minimum atomic E-state index is 0.00919. The van der Waals surface area contributed by atoms with Crippen LogP contribution in [0.25, 0.3) is 0 Å². The van der Waals surface area contributed by atoms with E-state index in [9.17, 15) is 4.79 Å². The first-order valence-corrected chi connectivity index (χ1v) is 6.86. The summed E-state index contributed by atoms with van der Waals surface area (Å²) < 4.78 is 5.04. The quantitative estimate of drug-likeness (QED) is 0.818. The van der Waals surface area contributed by atoms with Crippen LogP contribution in [-0.2, 0) is 11.3 Å². The SMILES string of the molecule is COCc1ccc(C(=O)NCCC2CCNC2)cc1. The Bertz CT molecular complexity index is 397. The van der Waals surface area contributed by atoms with Gasteiger partial charge in [0.25, 0.3) is 5.91 Å². The standard InChI is InChI=1S/C15H22N2O2/c1-19-11-13-2-4-14(5-3-13)15(18)17-9-7-12-6-8-16-10-12/h2-5,12,16H,6-11H2,1H3,(H,17,18). The highest BCUT2D eigenvalue weighted by Gasteiger charge is 2.14. The molecule has 0 bridgehead atoms. The first kappa shape index (κ1) is 14.0. The van der Waals surface area contributed by atoms with Gasteiger partial charge in [-0.15, -0.1) is 0 Å². The zero-order chi connectivity index (χ0) is 13.5. The summed E-state index contributed by atoms with van der Waals surface area (Å²) in [5, 5.41) is 6.32. The van der Waals surface area contributed by atoms with Gasteiger partial charge < -0.3 is 15.4 Å². The average Bonchev–Trinajstić information content (AvgIpc) is 2.93. The van der Waals surface area contributed by atoms with Gasteiger partial charge in [0.15, 0.2) is 0 Å². The van der Waals surface area contributed by atoms with Crippen molar-refractivity contribution in [2.45, 2.75) is 19.4 Å². The molecule has 19 heavy (non-hydrogen) atoms. The highest BCUT2D eigenvalue weighted by atomic mass is 16.5. The minimum Gasteiger partial charge on any atom is -0.380 e. The number of nitrogens with one attached hydrogen (secondary N) is 2. The number of ether oxygens (including phenoxy) is 1. The van der Waals surface area contributed by atoms with Crippen molar-refractivity contribution in [3.63, 3.8) is 0 Å². The van der Waals surface area contributed by atoms with Gasteiger partial charge in [-0.1, -0.05) is 12.1 Å². The fourth-order valence-electron chi connectivity index (χ4n) is 2.37. The Morgan fingerprint density at radius 1 is 1.42 bits per heavy atom. The predicted molar refractivity (Wildman–Crippen MR) is 75.1 cm³/mol. The molecule has 2 N–H and O–H groups in total. The second kappa shape index (κ2) is 7.26. The lowest BCUT2D eigenvalue weighted by atomic mass is 10.1. The third-order valence-corrected chi connectivity index (χ3v) is 3.53. The molecule has 0 aromatic heterocycles. The summed E-state index contributed by atoms with van der Waals surface area (Å²) in [6.45, 7) is 3.53. The van der Waals surface area contributed by atoms with Crippen molar-refractivity contribution >= 4 is 5.91 Å². The maximum absolute atomic E-state index is 11.9. The van der Waals surface area contributed by atoms with E-state index in [1.165, 1.54) is 6.42 Å². The van der Waals surface area contributed by atoms with Gasteiger partial charge in [0.05, 0.1) is 6.61 Å². The second-order valence-electron chi connectivity index (χ2n) is 5.03. The normalized spacial score (nSPS) is 18.5. The number of hydrogen-bond donors (Lipinski definition) is 2. The fourth-order valence-corrected chi connectivity index (χ4v) is 2.37. The number of rotatable bonds is 6. The van der Waals surface area contributed by atoms with Crippen LogP contribution in [0.2, 0.25) is 0 Å². The Hall–Kier alpha value is -1.39. The molecule has 1 atom stereocenters. The monoisotopic (exact) mass is 262 g/mol. The molecule has 4 heteroatoms. The molecule has 1 aliphatic heterocycles. The molecule has 1 aromatic carbocycles. The van der Waals surface area contributed by atoms with Crippen molar-refractivity contribution in [1.29, 1.82) is 0 Å². The van der Waals surface area contributed by atoms with E-state index in [1.54, 1.807) is 7.11 Å². The molecule has 1 aliphatic rings. The summed E-state index contributed by atoms with van der Waals surface area (Å²) in [6, 6.07) is 7.56. The number of hydrogen-bond acceptors (Lipinski definition) is 3. The van der Waals surface area contributed by atoms with Crippen LogP contribution in [0, 0.1) is 5.92 Å². The first-order chi connectivity index (χ1) is 9.29. The van der Waals surface area contributed by atoms with Gasteiger partial charge in [-0.25, -0.2) is 0 Å². The highest BCUT2D eigenvalue weighted by Crippen LogP contribution is 2.11. The zero-order valence-electron chi connectivity index (χ0n) is 11.4. The summed E-state index contributed by atoms with van der Waals surface area (Å²) in [6.07, 6.45) is 2.28. The van der Waals surface area contributed by atoms with E-state index in [0.29, 0.717) is 18.1 Å². The van der Waals surface area contributed by atoms with Gasteiger partial charge in [-0.3, -0.25) is 4.79 Å². The summed E-state index contributed by atoms with van der Waals surface area (Å²) in [7, 11) is 1.67. The van der Waals surface area contributed by atoms with Gasteiger partial charge in [0.1, 0.15) is 0 Å². The van der Waals surface area contributed by atoms with Gasteiger partial charge >= 0.3 is 0 Å². The lowest BCUT2D eigenvalue weighted by Crippen LogP contribution is -2.26. The Labute approximate surface area is 114 Å². The van der Waals surface area contributed by atoms with Crippen LogP contribution in [0.5, 0.6) is 0 Å². The van der Waals surface area contributed by atoms with Crippen LogP contribution in [-0.4, -0.2) is 32.7 Å². The van der Waals surface area contributed by atoms with E-state index in [4.69, 9.17) is 4.74 Å². The number of carbonyl (C=O) groups excluding carboxylic acids is 1. The van der Waals surface area contributed by atoms with E-state index in [1.807, 2.05) is 24.3 Å². The second-order valence-corrected chi connectivity index (χ2v) is 5.03. The van der Waals surface area contributed by atoms with Crippen molar-refractivity contribution in [1.82, 2.24) is 10.6 Å². The molecule has 0 spiro atoms. The van der Waals surface area contributed by atoms with Crippen LogP contribution in [0.1, 0.15) is 28.8 Å². The third-order valence-electron chi connectivity index (χ3n) is 3.53. The van der Waals surface area contributed by atoms with E-state index >= 15 is 0 Å². The number of benzene rings is 1. The highest BCUT2D eigenvalue weighted by molar-refractivity contribution is 5.94. The van der Waals surface area contributed by atoms with Gasteiger partial charge in [0.2, 0.25) is 0 Å². The molecule has 1 amide bonds. The molecule has 1 unspecified atom stereocenters. The Morgan fingerprint density at radius 2 is 2.21 bits per heavy atom. The van der Waals surface area contributed by atoms with Gasteiger partial charge in [-0.05, 0) is 49.5 Å². The molecule has 1 saturated heterocycles. The van der Waals surface area contributed by atoms with Crippen LogP contribution in [0.15, 0.2) is 24.3 Å². The number of carbonyl (C=O) groups is 1. The smallest absolute Gasteiger partial charge is 0.251 e. The Balaban J connectivity index is 1.75. The van der Waals surface area contributed by atoms with Crippen molar-refractivity contribution < 1.29 is 9.53 Å². The number of methoxy groups -OCH3 is 1. The molecule has 104 valence electrons. The zero-order valence-corrected chi connectivity index (χ0v) is 11.4. The van der Waals surface area contributed by atoms with Crippen molar-refractivity contribution in [2.75, 3.05) is 26.7 Å². The summed E-state index contributed by atoms with van der Waals surface area (Å²) in [5.74, 6) is 0.722. The van der Waals surface area contributed by atoms with E-state index in [-0.39, 0.29) is 5.91 Å².